The zero-order valence-corrected chi connectivity index (χ0v) is 8.92. The lowest BCUT2D eigenvalue weighted by Crippen LogP contribution is -2.28. The minimum Gasteiger partial charge on any atom is -0.326 e. The number of hydrogen-bond donors (Lipinski definition) is 2. The van der Waals surface area contributed by atoms with Gasteiger partial charge < -0.3 is 11.1 Å². The van der Waals surface area contributed by atoms with Crippen LogP contribution >= 0.6 is 15.9 Å². The molecule has 1 fully saturated rings. The molecule has 2 rings (SSSR count). The van der Waals surface area contributed by atoms with Crippen LogP contribution in [0.3, 0.4) is 0 Å². The minimum atomic E-state index is 0.259. The zero-order valence-electron chi connectivity index (χ0n) is 7.33. The molecular weight excluding hydrogens is 228 g/mol. The van der Waals surface area contributed by atoms with E-state index in [0.717, 1.165) is 17.4 Å². The number of nitrogens with one attached hydrogen (secondary N) is 1. The van der Waals surface area contributed by atoms with Crippen LogP contribution in [0.1, 0.15) is 18.0 Å². The second-order valence-electron chi connectivity index (χ2n) is 3.44. The molecule has 2 nitrogen and oxygen atoms in total. The van der Waals surface area contributed by atoms with Crippen LogP contribution in [0.25, 0.3) is 0 Å². The van der Waals surface area contributed by atoms with E-state index in [0.29, 0.717) is 6.04 Å². The predicted octanol–water partition coefficient (Wildman–Crippen LogP) is 1.81. The molecule has 0 saturated carbocycles. The molecule has 0 aromatic heterocycles. The first-order valence-electron chi connectivity index (χ1n) is 4.52. The summed E-state index contributed by atoms with van der Waals surface area (Å²) in [5.41, 5.74) is 7.26. The van der Waals surface area contributed by atoms with Gasteiger partial charge in [-0.3, -0.25) is 0 Å². The van der Waals surface area contributed by atoms with Crippen molar-refractivity contribution in [1.82, 2.24) is 5.32 Å². The first kappa shape index (κ1) is 9.19. The molecule has 0 aliphatic carbocycles. The fourth-order valence-corrected chi connectivity index (χ4v) is 2.21. The molecule has 3 N–H and O–H groups in total. The first-order chi connectivity index (χ1) is 6.27. The third kappa shape index (κ3) is 1.93. The van der Waals surface area contributed by atoms with Crippen molar-refractivity contribution in [2.24, 2.45) is 5.73 Å². The van der Waals surface area contributed by atoms with Gasteiger partial charge in [-0.25, -0.2) is 0 Å². The lowest BCUT2D eigenvalue weighted by molar-refractivity contribution is 0.571. The molecule has 0 spiro atoms. The maximum absolute atomic E-state index is 5.98. The Morgan fingerprint density at radius 1 is 1.46 bits per heavy atom. The van der Waals surface area contributed by atoms with E-state index in [2.05, 4.69) is 33.4 Å². The highest BCUT2D eigenvalue weighted by atomic mass is 79.9. The van der Waals surface area contributed by atoms with Crippen molar-refractivity contribution in [3.63, 3.8) is 0 Å². The van der Waals surface area contributed by atoms with Crippen molar-refractivity contribution in [1.29, 1.82) is 0 Å². The highest BCUT2D eigenvalue weighted by molar-refractivity contribution is 9.10. The summed E-state index contributed by atoms with van der Waals surface area (Å²) >= 11 is 3.46. The molecule has 0 bridgehead atoms. The van der Waals surface area contributed by atoms with Gasteiger partial charge in [0.05, 0.1) is 0 Å². The van der Waals surface area contributed by atoms with Crippen LogP contribution in [0.15, 0.2) is 28.7 Å². The summed E-state index contributed by atoms with van der Waals surface area (Å²) in [4.78, 5) is 0. The summed E-state index contributed by atoms with van der Waals surface area (Å²) < 4.78 is 1.12. The second-order valence-corrected chi connectivity index (χ2v) is 4.36. The van der Waals surface area contributed by atoms with Crippen molar-refractivity contribution in [2.75, 3.05) is 6.54 Å². The number of benzene rings is 1. The van der Waals surface area contributed by atoms with Crippen LogP contribution < -0.4 is 11.1 Å². The Kier molecular flexibility index (Phi) is 2.67. The highest BCUT2D eigenvalue weighted by Crippen LogP contribution is 2.24. The summed E-state index contributed by atoms with van der Waals surface area (Å²) in [6.07, 6.45) is 1.07. The number of hydrogen-bond acceptors (Lipinski definition) is 2. The Morgan fingerprint density at radius 2 is 2.31 bits per heavy atom. The second kappa shape index (κ2) is 3.78. The molecule has 1 aromatic carbocycles. The Hall–Kier alpha value is -0.380. The lowest BCUT2D eigenvalue weighted by Gasteiger charge is -2.15. The summed E-state index contributed by atoms with van der Waals surface area (Å²) in [5, 5.41) is 3.40. The van der Waals surface area contributed by atoms with E-state index in [1.54, 1.807) is 0 Å². The Labute approximate surface area is 86.6 Å². The molecule has 1 heterocycles. The maximum atomic E-state index is 5.98. The van der Waals surface area contributed by atoms with Gasteiger partial charge in [-0.05, 0) is 30.7 Å². The van der Waals surface area contributed by atoms with E-state index in [1.807, 2.05) is 12.1 Å². The summed E-state index contributed by atoms with van der Waals surface area (Å²) in [7, 11) is 0. The van der Waals surface area contributed by atoms with Crippen LogP contribution in [0.5, 0.6) is 0 Å². The van der Waals surface area contributed by atoms with Crippen LogP contribution in [0.4, 0.5) is 0 Å². The molecule has 1 aromatic rings. The Balaban J connectivity index is 2.24. The molecule has 13 heavy (non-hydrogen) atoms. The summed E-state index contributed by atoms with van der Waals surface area (Å²) in [6, 6.07) is 8.92. The normalized spacial score (nSPS) is 27.8. The first-order valence-corrected chi connectivity index (χ1v) is 5.31. The molecule has 0 radical (unpaired) electrons. The standard InChI is InChI=1S/C10H13BrN2/c11-8-3-1-2-7(6-8)10-9(12)4-5-13-10/h1-3,6,9-10,13H,4-5,12H2. The molecule has 0 amide bonds. The third-order valence-corrected chi connectivity index (χ3v) is 2.97. The van der Waals surface area contributed by atoms with Crippen LogP contribution in [-0.4, -0.2) is 12.6 Å². The van der Waals surface area contributed by atoms with Gasteiger partial charge in [-0.2, -0.15) is 0 Å². The molecule has 1 saturated heterocycles. The average molecular weight is 241 g/mol. The van der Waals surface area contributed by atoms with E-state index >= 15 is 0 Å². The van der Waals surface area contributed by atoms with Gasteiger partial charge in [0.1, 0.15) is 0 Å². The highest BCUT2D eigenvalue weighted by Gasteiger charge is 2.24. The van der Waals surface area contributed by atoms with Crippen molar-refractivity contribution < 1.29 is 0 Å². The molecule has 1 aliphatic rings. The van der Waals surface area contributed by atoms with Crippen molar-refractivity contribution in [3.8, 4) is 0 Å². The van der Waals surface area contributed by atoms with E-state index in [9.17, 15) is 0 Å². The Morgan fingerprint density at radius 3 is 2.92 bits per heavy atom. The van der Waals surface area contributed by atoms with E-state index in [4.69, 9.17) is 5.73 Å². The van der Waals surface area contributed by atoms with Gasteiger partial charge in [0.15, 0.2) is 0 Å². The predicted molar refractivity (Wildman–Crippen MR) is 57.5 cm³/mol. The molecular formula is C10H13BrN2. The quantitative estimate of drug-likeness (QED) is 0.786. The van der Waals surface area contributed by atoms with Gasteiger partial charge in [0, 0.05) is 16.6 Å². The van der Waals surface area contributed by atoms with Crippen LogP contribution in [0, 0.1) is 0 Å². The zero-order chi connectivity index (χ0) is 9.26. The molecule has 1 aliphatic heterocycles. The van der Waals surface area contributed by atoms with Crippen LogP contribution in [0.2, 0.25) is 0 Å². The molecule has 2 unspecified atom stereocenters. The lowest BCUT2D eigenvalue weighted by atomic mass is 10.0. The monoisotopic (exact) mass is 240 g/mol. The largest absolute Gasteiger partial charge is 0.326 e. The van der Waals surface area contributed by atoms with Crippen molar-refractivity contribution in [3.05, 3.63) is 34.3 Å². The van der Waals surface area contributed by atoms with Gasteiger partial charge in [0.25, 0.3) is 0 Å². The third-order valence-electron chi connectivity index (χ3n) is 2.48. The van der Waals surface area contributed by atoms with Gasteiger partial charge >= 0.3 is 0 Å². The fourth-order valence-electron chi connectivity index (χ4n) is 1.79. The Bertz CT molecular complexity index is 301. The fraction of sp³-hybridized carbons (Fsp3) is 0.400. The number of rotatable bonds is 1. The van der Waals surface area contributed by atoms with Gasteiger partial charge in [0.2, 0.25) is 0 Å². The minimum absolute atomic E-state index is 0.259. The van der Waals surface area contributed by atoms with Crippen LogP contribution in [-0.2, 0) is 0 Å². The van der Waals surface area contributed by atoms with Crippen molar-refractivity contribution >= 4 is 15.9 Å². The van der Waals surface area contributed by atoms with E-state index < -0.39 is 0 Å². The van der Waals surface area contributed by atoms with Crippen molar-refractivity contribution in [2.45, 2.75) is 18.5 Å². The van der Waals surface area contributed by atoms with E-state index in [-0.39, 0.29) is 6.04 Å². The maximum Gasteiger partial charge on any atom is 0.0474 e. The topological polar surface area (TPSA) is 38.0 Å². The molecule has 70 valence electrons. The summed E-state index contributed by atoms with van der Waals surface area (Å²) in [5.74, 6) is 0. The molecule has 2 atom stereocenters. The smallest absolute Gasteiger partial charge is 0.0474 e. The summed E-state index contributed by atoms with van der Waals surface area (Å²) in [6.45, 7) is 1.03. The van der Waals surface area contributed by atoms with E-state index in [1.165, 1.54) is 5.56 Å². The van der Waals surface area contributed by atoms with Gasteiger partial charge in [-0.1, -0.05) is 28.1 Å². The number of halogens is 1. The molecule has 3 heteroatoms. The van der Waals surface area contributed by atoms with Gasteiger partial charge in [-0.15, -0.1) is 0 Å². The average Bonchev–Trinajstić information content (AvgIpc) is 2.51. The SMILES string of the molecule is NC1CCNC1c1cccc(Br)c1. The number of nitrogens with two attached hydrogens (primary N) is 1.